The Hall–Kier alpha value is -2.35. The number of rotatable bonds is 4. The van der Waals surface area contributed by atoms with Crippen LogP contribution in [0.1, 0.15) is 34.3 Å². The largest absolute Gasteiger partial charge is 0.417 e. The Morgan fingerprint density at radius 1 is 1.36 bits per heavy atom. The molecule has 1 aromatic carbocycles. The van der Waals surface area contributed by atoms with Crippen molar-refractivity contribution in [2.24, 2.45) is 0 Å². The second kappa shape index (κ2) is 6.18. The third-order valence-electron chi connectivity index (χ3n) is 4.39. The number of halogens is 3. The quantitative estimate of drug-likeness (QED) is 0.887. The summed E-state index contributed by atoms with van der Waals surface area (Å²) >= 11 is 0. The standard InChI is InChI=1S/C17H18F3N3O2/c1-11-2-4-12(5-3-11)9-23-10-13(8-21-23)15(24)22-14-6-16(25,7-14)17(18,19)20/h2-5,8,10,14,25H,6-7,9H2,1H3,(H,22,24). The van der Waals surface area contributed by atoms with Crippen LogP contribution in [0.25, 0.3) is 0 Å². The van der Waals surface area contributed by atoms with E-state index in [1.54, 1.807) is 10.9 Å². The Morgan fingerprint density at radius 3 is 2.60 bits per heavy atom. The molecule has 1 aromatic heterocycles. The number of aliphatic hydroxyl groups is 1. The van der Waals surface area contributed by atoms with E-state index >= 15 is 0 Å². The lowest BCUT2D eigenvalue weighted by Crippen LogP contribution is -2.62. The Labute approximate surface area is 142 Å². The molecule has 1 fully saturated rings. The highest BCUT2D eigenvalue weighted by atomic mass is 19.4. The summed E-state index contributed by atoms with van der Waals surface area (Å²) in [6.45, 7) is 2.48. The van der Waals surface area contributed by atoms with Crippen molar-refractivity contribution < 1.29 is 23.1 Å². The number of carbonyl (C=O) groups is 1. The molecule has 0 radical (unpaired) electrons. The lowest BCUT2D eigenvalue weighted by molar-refractivity contribution is -0.291. The zero-order chi connectivity index (χ0) is 18.2. The lowest BCUT2D eigenvalue weighted by Gasteiger charge is -2.44. The summed E-state index contributed by atoms with van der Waals surface area (Å²) in [5.74, 6) is -0.496. The van der Waals surface area contributed by atoms with Crippen LogP contribution in [0.5, 0.6) is 0 Å². The second-order valence-corrected chi connectivity index (χ2v) is 6.52. The van der Waals surface area contributed by atoms with Crippen LogP contribution in [-0.2, 0) is 6.54 Å². The summed E-state index contributed by atoms with van der Waals surface area (Å²) in [7, 11) is 0. The molecule has 0 bridgehead atoms. The molecule has 2 aromatic rings. The van der Waals surface area contributed by atoms with Gasteiger partial charge in [-0.25, -0.2) is 0 Å². The summed E-state index contributed by atoms with van der Waals surface area (Å²) in [6.07, 6.45) is -2.81. The fourth-order valence-electron chi connectivity index (χ4n) is 2.81. The third kappa shape index (κ3) is 3.68. The summed E-state index contributed by atoms with van der Waals surface area (Å²) in [6, 6.07) is 7.18. The molecule has 1 aliphatic rings. The molecule has 8 heteroatoms. The van der Waals surface area contributed by atoms with Gasteiger partial charge in [0.05, 0.1) is 18.3 Å². The van der Waals surface area contributed by atoms with Gasteiger partial charge in [0.25, 0.3) is 5.91 Å². The summed E-state index contributed by atoms with van der Waals surface area (Å²) in [4.78, 5) is 12.1. The van der Waals surface area contributed by atoms with Crippen molar-refractivity contribution in [2.45, 2.75) is 44.1 Å². The van der Waals surface area contributed by atoms with Gasteiger partial charge in [0.2, 0.25) is 0 Å². The molecule has 25 heavy (non-hydrogen) atoms. The molecule has 0 aliphatic heterocycles. The fourth-order valence-corrected chi connectivity index (χ4v) is 2.81. The molecular weight excluding hydrogens is 335 g/mol. The van der Waals surface area contributed by atoms with Crippen molar-refractivity contribution in [2.75, 3.05) is 0 Å². The van der Waals surface area contributed by atoms with E-state index in [0.29, 0.717) is 6.54 Å². The SMILES string of the molecule is Cc1ccc(Cn2cc(C(=O)NC3CC(O)(C(F)(F)F)C3)cn2)cc1. The zero-order valence-electron chi connectivity index (χ0n) is 13.5. The molecule has 134 valence electrons. The highest BCUT2D eigenvalue weighted by Gasteiger charge is 2.61. The van der Waals surface area contributed by atoms with E-state index in [2.05, 4.69) is 10.4 Å². The van der Waals surface area contributed by atoms with Crippen LogP contribution in [0.2, 0.25) is 0 Å². The first-order chi connectivity index (χ1) is 11.7. The van der Waals surface area contributed by atoms with Crippen LogP contribution in [-0.4, -0.2) is 38.6 Å². The molecule has 0 spiro atoms. The molecule has 2 N–H and O–H groups in total. The minimum atomic E-state index is -4.67. The average Bonchev–Trinajstić information content (AvgIpc) is 2.95. The van der Waals surface area contributed by atoms with Gasteiger partial charge >= 0.3 is 6.18 Å². The molecule has 1 saturated carbocycles. The van der Waals surface area contributed by atoms with Gasteiger partial charge in [0, 0.05) is 25.1 Å². The first-order valence-corrected chi connectivity index (χ1v) is 7.84. The van der Waals surface area contributed by atoms with Crippen molar-refractivity contribution in [1.82, 2.24) is 15.1 Å². The maximum absolute atomic E-state index is 12.6. The zero-order valence-corrected chi connectivity index (χ0v) is 13.5. The van der Waals surface area contributed by atoms with Gasteiger partial charge in [-0.15, -0.1) is 0 Å². The Balaban J connectivity index is 1.56. The van der Waals surface area contributed by atoms with Crippen LogP contribution in [0.4, 0.5) is 13.2 Å². The number of alkyl halides is 3. The highest BCUT2D eigenvalue weighted by Crippen LogP contribution is 2.45. The Kier molecular flexibility index (Phi) is 4.32. The number of nitrogens with zero attached hydrogens (tertiary/aromatic N) is 2. The van der Waals surface area contributed by atoms with Crippen LogP contribution in [0, 0.1) is 6.92 Å². The van der Waals surface area contributed by atoms with E-state index in [0.717, 1.165) is 11.1 Å². The van der Waals surface area contributed by atoms with Crippen molar-refractivity contribution in [3.8, 4) is 0 Å². The number of nitrogens with one attached hydrogen (secondary N) is 1. The lowest BCUT2D eigenvalue weighted by atomic mass is 9.75. The van der Waals surface area contributed by atoms with Gasteiger partial charge in [-0.05, 0) is 12.5 Å². The van der Waals surface area contributed by atoms with Crippen LogP contribution >= 0.6 is 0 Å². The Morgan fingerprint density at radius 2 is 2.00 bits per heavy atom. The predicted molar refractivity (Wildman–Crippen MR) is 84.0 cm³/mol. The molecule has 0 atom stereocenters. The van der Waals surface area contributed by atoms with E-state index in [1.165, 1.54) is 6.20 Å². The van der Waals surface area contributed by atoms with Gasteiger partial charge in [-0.3, -0.25) is 9.48 Å². The minimum absolute atomic E-state index is 0.273. The van der Waals surface area contributed by atoms with Crippen molar-refractivity contribution in [3.63, 3.8) is 0 Å². The van der Waals surface area contributed by atoms with E-state index in [1.807, 2.05) is 31.2 Å². The fraction of sp³-hybridized carbons (Fsp3) is 0.412. The number of hydrogen-bond acceptors (Lipinski definition) is 3. The minimum Gasteiger partial charge on any atom is -0.380 e. The molecule has 1 aliphatic carbocycles. The summed E-state index contributed by atoms with van der Waals surface area (Å²) < 4.78 is 39.3. The van der Waals surface area contributed by atoms with Crippen molar-refractivity contribution >= 4 is 5.91 Å². The van der Waals surface area contributed by atoms with E-state index in [-0.39, 0.29) is 5.56 Å². The normalized spacial score (nSPS) is 23.2. The van der Waals surface area contributed by atoms with Crippen LogP contribution in [0.3, 0.4) is 0 Å². The Bertz CT molecular complexity index is 762. The monoisotopic (exact) mass is 353 g/mol. The third-order valence-corrected chi connectivity index (χ3v) is 4.39. The molecule has 0 saturated heterocycles. The van der Waals surface area contributed by atoms with Crippen molar-refractivity contribution in [1.29, 1.82) is 0 Å². The number of aromatic nitrogens is 2. The first-order valence-electron chi connectivity index (χ1n) is 7.84. The number of benzene rings is 1. The smallest absolute Gasteiger partial charge is 0.380 e. The van der Waals surface area contributed by atoms with E-state index < -0.39 is 36.6 Å². The molecule has 0 unspecified atom stereocenters. The maximum atomic E-state index is 12.6. The molecule has 3 rings (SSSR count). The number of hydrogen-bond donors (Lipinski definition) is 2. The predicted octanol–water partition coefficient (Wildman–Crippen LogP) is 2.43. The first kappa shape index (κ1) is 17.5. The number of aryl methyl sites for hydroxylation is 1. The van der Waals surface area contributed by atoms with Gasteiger partial charge in [-0.1, -0.05) is 29.8 Å². The number of carbonyl (C=O) groups excluding carboxylic acids is 1. The van der Waals surface area contributed by atoms with Crippen molar-refractivity contribution in [3.05, 3.63) is 53.3 Å². The van der Waals surface area contributed by atoms with Gasteiger partial charge in [0.15, 0.2) is 5.60 Å². The topological polar surface area (TPSA) is 67.2 Å². The van der Waals surface area contributed by atoms with E-state index in [9.17, 15) is 23.1 Å². The second-order valence-electron chi connectivity index (χ2n) is 6.52. The number of amides is 1. The van der Waals surface area contributed by atoms with Crippen LogP contribution in [0.15, 0.2) is 36.7 Å². The van der Waals surface area contributed by atoms with Gasteiger partial charge in [-0.2, -0.15) is 18.3 Å². The maximum Gasteiger partial charge on any atom is 0.417 e. The summed E-state index contributed by atoms with van der Waals surface area (Å²) in [5.41, 5.74) is -0.256. The summed E-state index contributed by atoms with van der Waals surface area (Å²) in [5, 5.41) is 16.0. The van der Waals surface area contributed by atoms with Gasteiger partial charge in [0.1, 0.15) is 0 Å². The molecule has 1 heterocycles. The van der Waals surface area contributed by atoms with E-state index in [4.69, 9.17) is 0 Å². The average molecular weight is 353 g/mol. The van der Waals surface area contributed by atoms with Gasteiger partial charge < -0.3 is 10.4 Å². The van der Waals surface area contributed by atoms with Crippen LogP contribution < -0.4 is 5.32 Å². The molecular formula is C17H18F3N3O2. The molecule has 1 amide bonds. The highest BCUT2D eigenvalue weighted by molar-refractivity contribution is 5.94. The molecule has 5 nitrogen and oxygen atoms in total.